The second kappa shape index (κ2) is 2.61. The van der Waals surface area contributed by atoms with Gasteiger partial charge in [0.25, 0.3) is 0 Å². The van der Waals surface area contributed by atoms with Gasteiger partial charge in [-0.05, 0) is 25.1 Å². The minimum Gasteiger partial charge on any atom is -0.355 e. The number of aromatic amines is 1. The zero-order valence-corrected chi connectivity index (χ0v) is 7.75. The lowest BCUT2D eigenvalue weighted by Crippen LogP contribution is -1.70. The van der Waals surface area contributed by atoms with Gasteiger partial charge in [-0.3, -0.25) is 0 Å². The van der Waals surface area contributed by atoms with Crippen molar-refractivity contribution in [3.63, 3.8) is 0 Å². The molecule has 1 nitrogen and oxygen atoms in total. The van der Waals surface area contributed by atoms with Gasteiger partial charge >= 0.3 is 0 Å². The zero-order chi connectivity index (χ0) is 10.3. The lowest BCUT2D eigenvalue weighted by molar-refractivity contribution is 1.49. The van der Waals surface area contributed by atoms with E-state index in [9.17, 15) is 0 Å². The molecule has 14 heavy (non-hydrogen) atoms. The first kappa shape index (κ1) is 6.66. The van der Waals surface area contributed by atoms with Gasteiger partial charge in [0.15, 0.2) is 0 Å². The van der Waals surface area contributed by atoms with Crippen molar-refractivity contribution in [1.29, 1.82) is 0 Å². The maximum Gasteiger partial charge on any atom is 0.0465 e. The average molecular weight is 182 g/mol. The van der Waals surface area contributed by atoms with Crippen molar-refractivity contribution < 1.29 is 1.37 Å². The molecule has 3 rings (SSSR count). The highest BCUT2D eigenvalue weighted by molar-refractivity contribution is 6.07. The SMILES string of the molecule is [2H]Cc1ccc2[nH]c3ccccc3c2c1. The molecule has 2 aromatic carbocycles. The van der Waals surface area contributed by atoms with E-state index in [1.165, 1.54) is 10.8 Å². The molecule has 68 valence electrons. The molecule has 0 unspecified atom stereocenters. The van der Waals surface area contributed by atoms with Crippen molar-refractivity contribution >= 4 is 21.8 Å². The Morgan fingerprint density at radius 2 is 1.86 bits per heavy atom. The van der Waals surface area contributed by atoms with Crippen molar-refractivity contribution in [2.24, 2.45) is 0 Å². The molecule has 0 amide bonds. The maximum absolute atomic E-state index is 7.37. The summed E-state index contributed by atoms with van der Waals surface area (Å²) in [5, 5.41) is 2.46. The maximum atomic E-state index is 7.37. The normalized spacial score (nSPS) is 12.1. The topological polar surface area (TPSA) is 15.8 Å². The van der Waals surface area contributed by atoms with Gasteiger partial charge in [0.1, 0.15) is 0 Å². The Bertz CT molecular complexity index is 625. The Balaban J connectivity index is 2.46. The lowest BCUT2D eigenvalue weighted by atomic mass is 10.1. The Kier molecular flexibility index (Phi) is 1.24. The van der Waals surface area contributed by atoms with Crippen LogP contribution in [0.5, 0.6) is 0 Å². The first-order valence-corrected chi connectivity index (χ1v) is 4.67. The second-order valence-electron chi connectivity index (χ2n) is 3.55. The summed E-state index contributed by atoms with van der Waals surface area (Å²) in [6.07, 6.45) is 0. The van der Waals surface area contributed by atoms with Crippen LogP contribution >= 0.6 is 0 Å². The largest absolute Gasteiger partial charge is 0.355 e. The molecule has 3 aromatic rings. The molecular formula is C13H11N. The van der Waals surface area contributed by atoms with Gasteiger partial charge in [-0.2, -0.15) is 0 Å². The molecule has 0 aliphatic carbocycles. The predicted molar refractivity (Wildman–Crippen MR) is 60.5 cm³/mol. The summed E-state index contributed by atoms with van der Waals surface area (Å²) < 4.78 is 7.37. The molecule has 1 N–H and O–H groups in total. The molecule has 0 bridgehead atoms. The second-order valence-corrected chi connectivity index (χ2v) is 3.55. The number of hydrogen-bond acceptors (Lipinski definition) is 0. The lowest BCUT2D eigenvalue weighted by Gasteiger charge is -1.92. The molecule has 1 heterocycles. The van der Waals surface area contributed by atoms with Crippen LogP contribution in [0, 0.1) is 6.90 Å². The highest BCUT2D eigenvalue weighted by Crippen LogP contribution is 2.25. The molecule has 0 radical (unpaired) electrons. The molecule has 0 fully saturated rings. The Morgan fingerprint density at radius 1 is 1.00 bits per heavy atom. The van der Waals surface area contributed by atoms with E-state index < -0.39 is 0 Å². The number of aryl methyl sites for hydroxylation is 1. The van der Waals surface area contributed by atoms with Gasteiger partial charge in [-0.25, -0.2) is 0 Å². The van der Waals surface area contributed by atoms with E-state index in [0.29, 0.717) is 6.90 Å². The summed E-state index contributed by atoms with van der Waals surface area (Å²) in [5.74, 6) is 0. The third-order valence-electron chi connectivity index (χ3n) is 2.57. The summed E-state index contributed by atoms with van der Waals surface area (Å²) in [7, 11) is 0. The smallest absolute Gasteiger partial charge is 0.0465 e. The number of para-hydroxylation sites is 1. The number of benzene rings is 2. The third-order valence-corrected chi connectivity index (χ3v) is 2.57. The highest BCUT2D eigenvalue weighted by atomic mass is 14.7. The molecule has 1 heteroatoms. The Morgan fingerprint density at radius 3 is 2.79 bits per heavy atom. The van der Waals surface area contributed by atoms with Crippen LogP contribution in [0.1, 0.15) is 6.93 Å². The number of hydrogen-bond donors (Lipinski definition) is 1. The van der Waals surface area contributed by atoms with Crippen molar-refractivity contribution in [2.45, 2.75) is 6.90 Å². The minimum absolute atomic E-state index is 0.343. The standard InChI is InChI=1S/C13H11N/c1-9-6-7-13-11(8-9)10-4-2-3-5-12(10)14-13/h2-8,14H,1H3/i1D. The molecule has 0 saturated carbocycles. The molecule has 0 saturated heterocycles. The van der Waals surface area contributed by atoms with Gasteiger partial charge in [-0.1, -0.05) is 29.8 Å². The predicted octanol–water partition coefficient (Wildman–Crippen LogP) is 3.63. The van der Waals surface area contributed by atoms with Crippen LogP contribution in [0.2, 0.25) is 0 Å². The highest BCUT2D eigenvalue weighted by Gasteiger charge is 2.01. The Hall–Kier alpha value is -1.76. The van der Waals surface area contributed by atoms with Gasteiger partial charge in [-0.15, -0.1) is 0 Å². The number of aromatic nitrogens is 1. The van der Waals surface area contributed by atoms with Gasteiger partial charge in [0.05, 0.1) is 0 Å². The van der Waals surface area contributed by atoms with Crippen LogP contribution in [0.25, 0.3) is 21.8 Å². The minimum atomic E-state index is 0.343. The van der Waals surface area contributed by atoms with Gasteiger partial charge in [0, 0.05) is 23.2 Å². The molecule has 1 aromatic heterocycles. The first-order valence-electron chi connectivity index (χ1n) is 5.38. The zero-order valence-electron chi connectivity index (χ0n) is 8.75. The van der Waals surface area contributed by atoms with Crippen LogP contribution in [0.4, 0.5) is 0 Å². The first-order chi connectivity index (χ1) is 7.38. The van der Waals surface area contributed by atoms with Crippen LogP contribution < -0.4 is 0 Å². The summed E-state index contributed by atoms with van der Waals surface area (Å²) in [6, 6.07) is 14.4. The monoisotopic (exact) mass is 182 g/mol. The molecule has 0 atom stereocenters. The van der Waals surface area contributed by atoms with Crippen molar-refractivity contribution in [2.75, 3.05) is 0 Å². The van der Waals surface area contributed by atoms with Crippen molar-refractivity contribution in [3.8, 4) is 0 Å². The van der Waals surface area contributed by atoms with Crippen LogP contribution in [-0.2, 0) is 0 Å². The quantitative estimate of drug-likeness (QED) is 0.546. The summed E-state index contributed by atoms with van der Waals surface area (Å²) in [6.45, 7) is 0.343. The van der Waals surface area contributed by atoms with E-state index in [2.05, 4.69) is 29.2 Å². The van der Waals surface area contributed by atoms with E-state index in [0.717, 1.165) is 16.6 Å². The number of rotatable bonds is 0. The average Bonchev–Trinajstić information content (AvgIpc) is 2.66. The summed E-state index contributed by atoms with van der Waals surface area (Å²) >= 11 is 0. The van der Waals surface area contributed by atoms with E-state index in [1.807, 2.05) is 18.2 Å². The summed E-state index contributed by atoms with van der Waals surface area (Å²) in [5.41, 5.74) is 3.37. The van der Waals surface area contributed by atoms with Gasteiger partial charge < -0.3 is 4.98 Å². The van der Waals surface area contributed by atoms with Crippen LogP contribution in [-0.4, -0.2) is 4.98 Å². The fourth-order valence-corrected chi connectivity index (χ4v) is 1.90. The van der Waals surface area contributed by atoms with E-state index in [-0.39, 0.29) is 0 Å². The molecule has 0 spiro atoms. The number of H-pyrrole nitrogens is 1. The molecule has 0 aliphatic rings. The van der Waals surface area contributed by atoms with E-state index in [4.69, 9.17) is 1.37 Å². The number of nitrogens with one attached hydrogen (secondary N) is 1. The fourth-order valence-electron chi connectivity index (χ4n) is 1.90. The molecule has 0 aliphatic heterocycles. The third kappa shape index (κ3) is 0.956. The fraction of sp³-hybridized carbons (Fsp3) is 0.0769. The Labute approximate surface area is 83.8 Å². The van der Waals surface area contributed by atoms with E-state index in [1.54, 1.807) is 0 Å². The molecular weight excluding hydrogens is 170 g/mol. The van der Waals surface area contributed by atoms with Gasteiger partial charge in [0.2, 0.25) is 0 Å². The van der Waals surface area contributed by atoms with Crippen LogP contribution in [0.3, 0.4) is 0 Å². The van der Waals surface area contributed by atoms with Crippen molar-refractivity contribution in [3.05, 3.63) is 48.0 Å². The van der Waals surface area contributed by atoms with Crippen molar-refractivity contribution in [1.82, 2.24) is 4.98 Å². The summed E-state index contributed by atoms with van der Waals surface area (Å²) in [4.78, 5) is 3.37. The number of fused-ring (bicyclic) bond motifs is 3. The van der Waals surface area contributed by atoms with E-state index >= 15 is 0 Å². The van der Waals surface area contributed by atoms with Crippen LogP contribution in [0.15, 0.2) is 42.5 Å².